The second kappa shape index (κ2) is 11.6. The topological polar surface area (TPSA) is 133 Å². The van der Waals surface area contributed by atoms with Gasteiger partial charge >= 0.3 is 6.03 Å². The molecule has 1 saturated heterocycles. The molecule has 4 N–H and O–H groups in total. The molecule has 2 heterocycles. The second-order valence-electron chi connectivity index (χ2n) is 11.7. The summed E-state index contributed by atoms with van der Waals surface area (Å²) in [5.74, 6) is 0.400. The maximum Gasteiger partial charge on any atom is 0.323 e. The summed E-state index contributed by atoms with van der Waals surface area (Å²) in [4.78, 5) is 33.9. The van der Waals surface area contributed by atoms with Crippen molar-refractivity contribution in [2.75, 3.05) is 45.3 Å². The van der Waals surface area contributed by atoms with Crippen LogP contribution in [0.25, 0.3) is 0 Å². The third-order valence-electron chi connectivity index (χ3n) is 9.44. The zero-order valence-corrected chi connectivity index (χ0v) is 24.3. The van der Waals surface area contributed by atoms with Crippen molar-refractivity contribution in [2.45, 2.75) is 58.1 Å². The zero-order valence-electron chi connectivity index (χ0n) is 23.4. The first-order chi connectivity index (χ1) is 19.2. The molecule has 1 saturated carbocycles. The van der Waals surface area contributed by atoms with Crippen LogP contribution in [0.3, 0.4) is 0 Å². The Bertz CT molecular complexity index is 1220. The molecule has 0 radical (unpaired) electrons. The van der Waals surface area contributed by atoms with Crippen molar-refractivity contribution in [3.8, 4) is 5.75 Å². The van der Waals surface area contributed by atoms with E-state index in [1.54, 1.807) is 12.0 Å². The van der Waals surface area contributed by atoms with Gasteiger partial charge in [0.05, 0.1) is 38.7 Å². The van der Waals surface area contributed by atoms with Gasteiger partial charge in [0.2, 0.25) is 5.91 Å². The summed E-state index contributed by atoms with van der Waals surface area (Å²) in [5.41, 5.74) is 0.750. The third-order valence-corrected chi connectivity index (χ3v) is 10.5. The van der Waals surface area contributed by atoms with Gasteiger partial charge in [0.1, 0.15) is 5.75 Å². The number of morpholine rings is 1. The van der Waals surface area contributed by atoms with Gasteiger partial charge in [-0.05, 0) is 48.3 Å². The van der Waals surface area contributed by atoms with Crippen LogP contribution in [0.1, 0.15) is 55.2 Å². The van der Waals surface area contributed by atoms with Crippen molar-refractivity contribution in [1.29, 1.82) is 0 Å². The van der Waals surface area contributed by atoms with Gasteiger partial charge in [-0.25, -0.2) is 9.78 Å². The largest absolute Gasteiger partial charge is 0.497 e. The van der Waals surface area contributed by atoms with Crippen LogP contribution in [0, 0.1) is 16.7 Å². The SMILES string of the molecule is COc1ccc(CNC(=O)C[C@@H]2c3nc(NC(=O)N4CCOCC4)sc3C[C@@H]3[C@](C)(CO)[C@H](O)CC[C@]32C)cc1. The van der Waals surface area contributed by atoms with Crippen molar-refractivity contribution in [2.24, 2.45) is 16.7 Å². The van der Waals surface area contributed by atoms with Crippen LogP contribution in [-0.2, 0) is 22.5 Å². The number of aromatic nitrogens is 1. The predicted molar refractivity (Wildman–Crippen MR) is 151 cm³/mol. The van der Waals surface area contributed by atoms with Gasteiger partial charge in [0, 0.05) is 42.3 Å². The number of aliphatic hydroxyl groups is 2. The fourth-order valence-electron chi connectivity index (χ4n) is 6.84. The number of ether oxygens (including phenoxy) is 2. The predicted octanol–water partition coefficient (Wildman–Crippen LogP) is 3.14. The molecule has 1 aliphatic heterocycles. The van der Waals surface area contributed by atoms with Gasteiger partial charge in [-0.3, -0.25) is 10.1 Å². The highest BCUT2D eigenvalue weighted by atomic mass is 32.1. The molecule has 1 aromatic heterocycles. The minimum absolute atomic E-state index is 0.0520. The lowest BCUT2D eigenvalue weighted by Crippen LogP contribution is -2.57. The Morgan fingerprint density at radius 3 is 2.62 bits per heavy atom. The maximum atomic E-state index is 13.4. The smallest absolute Gasteiger partial charge is 0.323 e. The average Bonchev–Trinajstić information content (AvgIpc) is 3.37. The van der Waals surface area contributed by atoms with Gasteiger partial charge in [-0.1, -0.05) is 26.0 Å². The normalized spacial score (nSPS) is 29.7. The van der Waals surface area contributed by atoms with Crippen LogP contribution in [0.5, 0.6) is 5.75 Å². The molecule has 2 fully saturated rings. The number of amides is 3. The van der Waals surface area contributed by atoms with E-state index in [1.165, 1.54) is 11.3 Å². The van der Waals surface area contributed by atoms with E-state index in [-0.39, 0.29) is 42.2 Å². The molecule has 3 amide bonds. The number of hydrogen-bond acceptors (Lipinski definition) is 8. The van der Waals surface area contributed by atoms with Crippen molar-refractivity contribution < 1.29 is 29.3 Å². The number of carbonyl (C=O) groups is 2. The van der Waals surface area contributed by atoms with Crippen LogP contribution >= 0.6 is 11.3 Å². The fraction of sp³-hybridized carbons (Fsp3) is 0.621. The van der Waals surface area contributed by atoms with Gasteiger partial charge in [0.15, 0.2) is 5.13 Å². The Morgan fingerprint density at radius 2 is 1.95 bits per heavy atom. The molecular weight excluding hydrogens is 532 g/mol. The Balaban J connectivity index is 1.40. The standard InChI is InChI=1S/C29H40N4O6S/c1-28-9-8-23(35)29(2,17-34)22(28)15-21-25(31-26(40-21)32-27(37)33-10-12-39-13-11-33)20(28)14-24(36)30-16-18-4-6-19(38-3)7-5-18/h4-7,20,22-23,34-35H,8-17H2,1-3H3,(H,30,36)(H,31,32,37)/t20-,22+,23-,28+,29+/m1/s1. The summed E-state index contributed by atoms with van der Waals surface area (Å²) in [5, 5.41) is 28.0. The zero-order chi connectivity index (χ0) is 28.5. The van der Waals surface area contributed by atoms with E-state index in [2.05, 4.69) is 17.6 Å². The molecule has 11 heteroatoms. The highest BCUT2D eigenvalue weighted by Crippen LogP contribution is 2.62. The van der Waals surface area contributed by atoms with Crippen LogP contribution in [0.4, 0.5) is 9.93 Å². The monoisotopic (exact) mass is 572 g/mol. The lowest BCUT2D eigenvalue weighted by atomic mass is 9.47. The Hall–Kier alpha value is -2.73. The quantitative estimate of drug-likeness (QED) is 0.401. The van der Waals surface area contributed by atoms with Crippen molar-refractivity contribution in [3.63, 3.8) is 0 Å². The molecule has 0 bridgehead atoms. The summed E-state index contributed by atoms with van der Waals surface area (Å²) in [6, 6.07) is 7.38. The number of urea groups is 1. The number of nitrogens with zero attached hydrogens (tertiary/aromatic N) is 2. The number of carbonyl (C=O) groups excluding carboxylic acids is 2. The molecule has 2 aromatic rings. The summed E-state index contributed by atoms with van der Waals surface area (Å²) in [6.45, 7) is 6.46. The molecule has 0 unspecified atom stereocenters. The van der Waals surface area contributed by atoms with E-state index >= 15 is 0 Å². The van der Waals surface area contributed by atoms with E-state index in [1.807, 2.05) is 31.2 Å². The molecule has 2 aliphatic carbocycles. The number of fused-ring (bicyclic) bond motifs is 2. The molecule has 40 heavy (non-hydrogen) atoms. The van der Waals surface area contributed by atoms with Gasteiger partial charge in [-0.2, -0.15) is 0 Å². The van der Waals surface area contributed by atoms with Crippen LogP contribution in [0.2, 0.25) is 0 Å². The first-order valence-corrected chi connectivity index (χ1v) is 14.8. The summed E-state index contributed by atoms with van der Waals surface area (Å²) in [7, 11) is 1.62. The minimum atomic E-state index is -0.705. The summed E-state index contributed by atoms with van der Waals surface area (Å²) < 4.78 is 10.6. The van der Waals surface area contributed by atoms with Crippen molar-refractivity contribution >= 4 is 28.4 Å². The minimum Gasteiger partial charge on any atom is -0.497 e. The van der Waals surface area contributed by atoms with Gasteiger partial charge in [0.25, 0.3) is 0 Å². The van der Waals surface area contributed by atoms with E-state index in [4.69, 9.17) is 14.5 Å². The average molecular weight is 573 g/mol. The van der Waals surface area contributed by atoms with E-state index < -0.39 is 11.5 Å². The second-order valence-corrected chi connectivity index (χ2v) is 12.8. The van der Waals surface area contributed by atoms with E-state index in [0.29, 0.717) is 50.8 Å². The Morgan fingerprint density at radius 1 is 1.23 bits per heavy atom. The number of hydrogen-bond donors (Lipinski definition) is 4. The molecule has 5 atom stereocenters. The summed E-state index contributed by atoms with van der Waals surface area (Å²) in [6.07, 6.45) is 1.50. The number of rotatable bonds is 7. The number of anilines is 1. The van der Waals surface area contributed by atoms with Crippen molar-refractivity contribution in [3.05, 3.63) is 40.4 Å². The molecule has 10 nitrogen and oxygen atoms in total. The number of aliphatic hydroxyl groups excluding tert-OH is 2. The number of thiazole rings is 1. The molecule has 218 valence electrons. The fourth-order valence-corrected chi connectivity index (χ4v) is 7.90. The first kappa shape index (κ1) is 28.8. The number of benzene rings is 1. The lowest BCUT2D eigenvalue weighted by molar-refractivity contribution is -0.144. The van der Waals surface area contributed by atoms with Crippen LogP contribution in [-0.4, -0.2) is 78.2 Å². The highest BCUT2D eigenvalue weighted by Gasteiger charge is 2.59. The van der Waals surface area contributed by atoms with Crippen molar-refractivity contribution in [1.82, 2.24) is 15.2 Å². The molecule has 1 aromatic carbocycles. The summed E-state index contributed by atoms with van der Waals surface area (Å²) >= 11 is 1.43. The lowest BCUT2D eigenvalue weighted by Gasteiger charge is -2.58. The van der Waals surface area contributed by atoms with Gasteiger partial charge < -0.3 is 29.9 Å². The molecule has 0 spiro atoms. The molecule has 5 rings (SSSR count). The Kier molecular flexibility index (Phi) is 8.37. The third kappa shape index (κ3) is 5.44. The molecular formula is C29H40N4O6S. The van der Waals surface area contributed by atoms with Crippen LogP contribution < -0.4 is 15.4 Å². The van der Waals surface area contributed by atoms with E-state index in [9.17, 15) is 19.8 Å². The number of nitrogens with one attached hydrogen (secondary N) is 2. The van der Waals surface area contributed by atoms with Crippen LogP contribution in [0.15, 0.2) is 24.3 Å². The number of methoxy groups -OCH3 is 1. The Labute approximate surface area is 239 Å². The maximum absolute atomic E-state index is 13.4. The van der Waals surface area contributed by atoms with Gasteiger partial charge in [-0.15, -0.1) is 11.3 Å². The first-order valence-electron chi connectivity index (χ1n) is 14.0. The highest BCUT2D eigenvalue weighted by molar-refractivity contribution is 7.15. The van der Waals surface area contributed by atoms with E-state index in [0.717, 1.165) is 28.3 Å². The molecule has 3 aliphatic rings.